The minimum absolute atomic E-state index is 0.647. The highest BCUT2D eigenvalue weighted by Gasteiger charge is 2.80. The van der Waals surface area contributed by atoms with Gasteiger partial charge in [-0.2, -0.15) is 0 Å². The van der Waals surface area contributed by atoms with Crippen molar-refractivity contribution in [1.29, 1.82) is 0 Å². The molecule has 0 bridgehead atoms. The van der Waals surface area contributed by atoms with Crippen molar-refractivity contribution in [2.45, 2.75) is 25.2 Å². The van der Waals surface area contributed by atoms with Gasteiger partial charge in [-0.25, -0.2) is 0 Å². The van der Waals surface area contributed by atoms with Gasteiger partial charge in [-0.3, -0.25) is 0 Å². The number of benzene rings is 1. The fourth-order valence-electron chi connectivity index (χ4n) is 2.50. The zero-order valence-electron chi connectivity index (χ0n) is 6.80. The lowest BCUT2D eigenvalue weighted by molar-refractivity contribution is 0.713. The standard InChI is InChI=1S/C11H12/c1-10-7-11(10,8-10)9-5-3-2-4-6-9/h2-6H,7-8H2,1H3. The van der Waals surface area contributed by atoms with E-state index in [1.165, 1.54) is 12.8 Å². The molecule has 0 N–H and O–H groups in total. The van der Waals surface area contributed by atoms with Gasteiger partial charge in [0.1, 0.15) is 0 Å². The van der Waals surface area contributed by atoms with Crippen molar-refractivity contribution < 1.29 is 0 Å². The molecule has 0 aromatic heterocycles. The number of hydrogen-bond donors (Lipinski definition) is 0. The molecule has 0 saturated heterocycles. The van der Waals surface area contributed by atoms with E-state index in [1.807, 2.05) is 0 Å². The maximum Gasteiger partial charge on any atom is 0.00184 e. The van der Waals surface area contributed by atoms with Crippen LogP contribution in [-0.4, -0.2) is 0 Å². The highest BCUT2D eigenvalue weighted by Crippen LogP contribution is 2.85. The SMILES string of the molecule is CC12CC1(c1ccccc1)C2. The first kappa shape index (κ1) is 5.82. The van der Waals surface area contributed by atoms with Crippen molar-refractivity contribution in [3.8, 4) is 0 Å². The summed E-state index contributed by atoms with van der Waals surface area (Å²) in [5.74, 6) is 0. The molecular weight excluding hydrogens is 132 g/mol. The van der Waals surface area contributed by atoms with Gasteiger partial charge in [-0.15, -0.1) is 0 Å². The van der Waals surface area contributed by atoms with Crippen LogP contribution in [0.3, 0.4) is 0 Å². The van der Waals surface area contributed by atoms with Crippen LogP contribution in [0.4, 0.5) is 0 Å². The van der Waals surface area contributed by atoms with Gasteiger partial charge in [0.15, 0.2) is 0 Å². The monoisotopic (exact) mass is 144 g/mol. The van der Waals surface area contributed by atoms with E-state index in [1.54, 1.807) is 5.56 Å². The van der Waals surface area contributed by atoms with E-state index in [2.05, 4.69) is 37.3 Å². The summed E-state index contributed by atoms with van der Waals surface area (Å²) in [7, 11) is 0. The van der Waals surface area contributed by atoms with E-state index in [4.69, 9.17) is 0 Å². The van der Waals surface area contributed by atoms with Gasteiger partial charge < -0.3 is 0 Å². The third kappa shape index (κ3) is 0.526. The molecular formula is C11H12. The Labute approximate surface area is 67.2 Å². The minimum atomic E-state index is 0.647. The van der Waals surface area contributed by atoms with E-state index >= 15 is 0 Å². The maximum atomic E-state index is 2.40. The van der Waals surface area contributed by atoms with E-state index in [0.717, 1.165) is 0 Å². The van der Waals surface area contributed by atoms with Crippen LogP contribution in [0.1, 0.15) is 25.3 Å². The highest BCUT2D eigenvalue weighted by molar-refractivity contribution is 5.48. The van der Waals surface area contributed by atoms with Crippen molar-refractivity contribution >= 4 is 0 Å². The fourth-order valence-corrected chi connectivity index (χ4v) is 2.50. The zero-order chi connectivity index (χ0) is 7.53. The molecule has 0 atom stereocenters. The van der Waals surface area contributed by atoms with Crippen molar-refractivity contribution in [3.63, 3.8) is 0 Å². The van der Waals surface area contributed by atoms with E-state index in [-0.39, 0.29) is 0 Å². The van der Waals surface area contributed by atoms with Crippen LogP contribution >= 0.6 is 0 Å². The Bertz CT molecular complexity index is 291. The van der Waals surface area contributed by atoms with E-state index < -0.39 is 0 Å². The van der Waals surface area contributed by atoms with Gasteiger partial charge in [0.25, 0.3) is 0 Å². The van der Waals surface area contributed by atoms with Gasteiger partial charge in [-0.05, 0) is 23.8 Å². The Morgan fingerprint density at radius 2 is 1.64 bits per heavy atom. The summed E-state index contributed by atoms with van der Waals surface area (Å²) in [5.41, 5.74) is 2.94. The summed E-state index contributed by atoms with van der Waals surface area (Å²) in [6.07, 6.45) is 2.87. The van der Waals surface area contributed by atoms with Crippen LogP contribution < -0.4 is 0 Å². The molecule has 0 heteroatoms. The molecule has 1 aromatic carbocycles. The topological polar surface area (TPSA) is 0 Å². The second kappa shape index (κ2) is 1.38. The third-order valence-corrected chi connectivity index (χ3v) is 3.62. The smallest absolute Gasteiger partial charge is 0.00184 e. The van der Waals surface area contributed by atoms with Gasteiger partial charge in [-0.1, -0.05) is 37.3 Å². The molecule has 1 aromatic rings. The molecule has 0 radical (unpaired) electrons. The average Bonchev–Trinajstić information content (AvgIpc) is 2.76. The summed E-state index contributed by atoms with van der Waals surface area (Å²) in [6.45, 7) is 2.40. The lowest BCUT2D eigenvalue weighted by Gasteiger charge is -2.00. The quantitative estimate of drug-likeness (QED) is 0.568. The van der Waals surface area contributed by atoms with Gasteiger partial charge >= 0.3 is 0 Å². The molecule has 2 saturated carbocycles. The predicted octanol–water partition coefficient (Wildman–Crippen LogP) is 2.74. The largest absolute Gasteiger partial charge is 0.0622 e. The molecule has 0 amide bonds. The van der Waals surface area contributed by atoms with E-state index in [0.29, 0.717) is 10.8 Å². The molecule has 0 nitrogen and oxygen atoms in total. The molecule has 0 aliphatic heterocycles. The van der Waals surface area contributed by atoms with Crippen LogP contribution in [0.25, 0.3) is 0 Å². The molecule has 2 fully saturated rings. The summed E-state index contributed by atoms with van der Waals surface area (Å²) in [5, 5.41) is 0. The first-order chi connectivity index (χ1) is 5.27. The number of rotatable bonds is 1. The molecule has 2 aliphatic rings. The van der Waals surface area contributed by atoms with Gasteiger partial charge in [0, 0.05) is 5.41 Å². The Hall–Kier alpha value is -0.780. The second-order valence-electron chi connectivity index (χ2n) is 4.36. The predicted molar refractivity (Wildman–Crippen MR) is 45.5 cm³/mol. The number of hydrogen-bond acceptors (Lipinski definition) is 0. The average molecular weight is 144 g/mol. The Kier molecular flexibility index (Phi) is 0.732. The summed E-state index contributed by atoms with van der Waals surface area (Å²) >= 11 is 0. The molecule has 3 rings (SSSR count). The van der Waals surface area contributed by atoms with Crippen LogP contribution in [0.5, 0.6) is 0 Å². The van der Waals surface area contributed by atoms with Crippen LogP contribution in [-0.2, 0) is 5.41 Å². The molecule has 2 aliphatic carbocycles. The molecule has 0 spiro atoms. The van der Waals surface area contributed by atoms with Crippen molar-refractivity contribution in [2.24, 2.45) is 5.41 Å². The third-order valence-electron chi connectivity index (χ3n) is 3.62. The van der Waals surface area contributed by atoms with Crippen LogP contribution in [0.15, 0.2) is 30.3 Å². The minimum Gasteiger partial charge on any atom is -0.0622 e. The van der Waals surface area contributed by atoms with Crippen LogP contribution in [0.2, 0.25) is 0 Å². The second-order valence-corrected chi connectivity index (χ2v) is 4.36. The Balaban J connectivity index is 2.04. The summed E-state index contributed by atoms with van der Waals surface area (Å²) in [4.78, 5) is 0. The lowest BCUT2D eigenvalue weighted by Crippen LogP contribution is -1.90. The first-order valence-electron chi connectivity index (χ1n) is 4.32. The Morgan fingerprint density at radius 3 is 2.09 bits per heavy atom. The van der Waals surface area contributed by atoms with E-state index in [9.17, 15) is 0 Å². The normalized spacial score (nSPS) is 44.8. The zero-order valence-corrected chi connectivity index (χ0v) is 6.80. The fraction of sp³-hybridized carbons (Fsp3) is 0.455. The summed E-state index contributed by atoms with van der Waals surface area (Å²) < 4.78 is 0. The molecule has 0 unspecified atom stereocenters. The van der Waals surface area contributed by atoms with Gasteiger partial charge in [0.05, 0.1) is 0 Å². The van der Waals surface area contributed by atoms with Crippen molar-refractivity contribution in [1.82, 2.24) is 0 Å². The molecule has 56 valence electrons. The Morgan fingerprint density at radius 1 is 1.09 bits per heavy atom. The van der Waals surface area contributed by atoms with Crippen molar-refractivity contribution in [2.75, 3.05) is 0 Å². The molecule has 11 heavy (non-hydrogen) atoms. The lowest BCUT2D eigenvalue weighted by atomic mass is 10.0. The van der Waals surface area contributed by atoms with Crippen molar-refractivity contribution in [3.05, 3.63) is 35.9 Å². The van der Waals surface area contributed by atoms with Crippen LogP contribution in [0, 0.1) is 5.41 Å². The summed E-state index contributed by atoms with van der Waals surface area (Å²) in [6, 6.07) is 11.0. The highest BCUT2D eigenvalue weighted by atomic mass is 14.8. The first-order valence-corrected chi connectivity index (χ1v) is 4.32. The van der Waals surface area contributed by atoms with Gasteiger partial charge in [0.2, 0.25) is 0 Å². The molecule has 0 heterocycles. The maximum absolute atomic E-state index is 2.40. The number of fused-ring (bicyclic) bond motifs is 1.